The van der Waals surface area contributed by atoms with Crippen molar-refractivity contribution in [1.29, 1.82) is 0 Å². The predicted molar refractivity (Wildman–Crippen MR) is 53.8 cm³/mol. The van der Waals surface area contributed by atoms with Gasteiger partial charge in [-0.1, -0.05) is 6.92 Å². The van der Waals surface area contributed by atoms with Crippen LogP contribution in [0.2, 0.25) is 0 Å². The summed E-state index contributed by atoms with van der Waals surface area (Å²) in [5, 5.41) is 8.83. The summed E-state index contributed by atoms with van der Waals surface area (Å²) in [5.41, 5.74) is 0. The van der Waals surface area contributed by atoms with Crippen LogP contribution in [-0.4, -0.2) is 35.0 Å². The third-order valence-corrected chi connectivity index (χ3v) is 3.35. The molecule has 0 aromatic rings. The molecule has 1 saturated carbocycles. The van der Waals surface area contributed by atoms with Gasteiger partial charge in [0.15, 0.2) is 0 Å². The number of aliphatic hydroxyl groups is 1. The van der Waals surface area contributed by atoms with Gasteiger partial charge in [-0.05, 0) is 25.2 Å². The van der Waals surface area contributed by atoms with Crippen molar-refractivity contribution in [1.82, 2.24) is 4.90 Å². The lowest BCUT2D eigenvalue weighted by atomic mass is 10.1. The minimum Gasteiger partial charge on any atom is -0.396 e. The highest BCUT2D eigenvalue weighted by Crippen LogP contribution is 2.46. The number of imide groups is 1. The number of carbonyl (C=O) groups excluding carboxylic acids is 2. The van der Waals surface area contributed by atoms with E-state index in [0.29, 0.717) is 6.54 Å². The summed E-state index contributed by atoms with van der Waals surface area (Å²) in [6.07, 6.45) is 2.45. The molecule has 1 aliphatic heterocycles. The van der Waals surface area contributed by atoms with E-state index in [2.05, 4.69) is 0 Å². The normalized spacial score (nSPS) is 30.7. The van der Waals surface area contributed by atoms with Crippen LogP contribution in [0.5, 0.6) is 0 Å². The van der Waals surface area contributed by atoms with Gasteiger partial charge in [-0.15, -0.1) is 0 Å². The van der Waals surface area contributed by atoms with Gasteiger partial charge in [0.1, 0.15) is 0 Å². The number of hydrogen-bond acceptors (Lipinski definition) is 3. The van der Waals surface area contributed by atoms with E-state index in [0.717, 1.165) is 19.3 Å². The van der Waals surface area contributed by atoms with Gasteiger partial charge < -0.3 is 5.11 Å². The molecule has 2 fully saturated rings. The summed E-state index contributed by atoms with van der Waals surface area (Å²) < 4.78 is 0. The Balaban J connectivity index is 1.76. The molecule has 0 spiro atoms. The fourth-order valence-electron chi connectivity index (χ4n) is 2.16. The van der Waals surface area contributed by atoms with Crippen LogP contribution in [0.4, 0.5) is 0 Å². The molecule has 3 unspecified atom stereocenters. The summed E-state index contributed by atoms with van der Waals surface area (Å²) in [4.78, 5) is 24.5. The van der Waals surface area contributed by atoms with Crippen molar-refractivity contribution in [3.63, 3.8) is 0 Å². The van der Waals surface area contributed by atoms with Gasteiger partial charge in [0, 0.05) is 13.2 Å². The molecular formula is C11H17NO3. The Labute approximate surface area is 89.3 Å². The first-order valence-corrected chi connectivity index (χ1v) is 5.61. The van der Waals surface area contributed by atoms with Crippen LogP contribution >= 0.6 is 0 Å². The van der Waals surface area contributed by atoms with Crippen LogP contribution in [0.1, 0.15) is 26.2 Å². The molecule has 0 aromatic heterocycles. The molecule has 0 aromatic carbocycles. The van der Waals surface area contributed by atoms with Crippen molar-refractivity contribution in [2.45, 2.75) is 26.2 Å². The van der Waals surface area contributed by atoms with Gasteiger partial charge in [-0.25, -0.2) is 0 Å². The lowest BCUT2D eigenvalue weighted by molar-refractivity contribution is -0.141. The largest absolute Gasteiger partial charge is 0.396 e. The van der Waals surface area contributed by atoms with E-state index >= 15 is 0 Å². The van der Waals surface area contributed by atoms with Crippen molar-refractivity contribution in [2.75, 3.05) is 13.2 Å². The first-order chi connectivity index (χ1) is 7.15. The highest BCUT2D eigenvalue weighted by atomic mass is 16.3. The van der Waals surface area contributed by atoms with Crippen LogP contribution in [0.25, 0.3) is 0 Å². The van der Waals surface area contributed by atoms with Crippen LogP contribution in [0, 0.1) is 17.8 Å². The van der Waals surface area contributed by atoms with E-state index in [4.69, 9.17) is 5.11 Å². The maximum atomic E-state index is 11.6. The second-order valence-electron chi connectivity index (χ2n) is 4.71. The summed E-state index contributed by atoms with van der Waals surface area (Å²) in [5.74, 6) is 0.358. The second kappa shape index (κ2) is 3.93. The fourth-order valence-corrected chi connectivity index (χ4v) is 2.16. The van der Waals surface area contributed by atoms with Gasteiger partial charge >= 0.3 is 0 Å². The third-order valence-electron chi connectivity index (χ3n) is 3.35. The lowest BCUT2D eigenvalue weighted by Crippen LogP contribution is -2.34. The van der Waals surface area contributed by atoms with Gasteiger partial charge in [0.05, 0.1) is 11.8 Å². The maximum Gasteiger partial charge on any atom is 0.233 e. The molecule has 2 rings (SSSR count). The first-order valence-electron chi connectivity index (χ1n) is 5.61. The van der Waals surface area contributed by atoms with Gasteiger partial charge in [-0.2, -0.15) is 0 Å². The van der Waals surface area contributed by atoms with Crippen LogP contribution in [0.3, 0.4) is 0 Å². The Morgan fingerprint density at radius 2 is 2.00 bits per heavy atom. The molecule has 3 atom stereocenters. The highest BCUT2D eigenvalue weighted by Gasteiger charge is 2.58. The SMILES string of the molecule is CC(CO)CCCN1C(=O)C2CC2C1=O. The Kier molecular flexibility index (Phi) is 2.78. The lowest BCUT2D eigenvalue weighted by Gasteiger charge is -2.17. The second-order valence-corrected chi connectivity index (χ2v) is 4.71. The maximum absolute atomic E-state index is 11.6. The zero-order chi connectivity index (χ0) is 11.0. The van der Waals surface area contributed by atoms with Gasteiger partial charge in [0.25, 0.3) is 0 Å². The van der Waals surface area contributed by atoms with Crippen LogP contribution in [-0.2, 0) is 9.59 Å². The number of nitrogens with zero attached hydrogens (tertiary/aromatic N) is 1. The topological polar surface area (TPSA) is 57.6 Å². The minimum absolute atomic E-state index is 0.0211. The molecule has 4 nitrogen and oxygen atoms in total. The number of rotatable bonds is 5. The molecule has 1 heterocycles. The predicted octanol–water partition coefficient (Wildman–Crippen LogP) is 0.400. The zero-order valence-corrected chi connectivity index (χ0v) is 8.98. The highest BCUT2D eigenvalue weighted by molar-refractivity contribution is 6.08. The molecule has 84 valence electrons. The van der Waals surface area contributed by atoms with E-state index in [1.54, 1.807) is 0 Å². The Bertz CT molecular complexity index is 270. The molecule has 2 aliphatic rings. The molecule has 0 bridgehead atoms. The summed E-state index contributed by atoms with van der Waals surface area (Å²) in [7, 11) is 0. The number of aliphatic hydroxyl groups excluding tert-OH is 1. The molecule has 1 N–H and O–H groups in total. The van der Waals surface area contributed by atoms with Crippen molar-refractivity contribution in [3.8, 4) is 0 Å². The van der Waals surface area contributed by atoms with E-state index < -0.39 is 0 Å². The molecule has 0 radical (unpaired) electrons. The molecule has 1 aliphatic carbocycles. The van der Waals surface area contributed by atoms with E-state index in [9.17, 15) is 9.59 Å². The molecule has 2 amide bonds. The standard InChI is InChI=1S/C11H17NO3/c1-7(6-13)3-2-4-12-10(14)8-5-9(8)11(12)15/h7-9,13H,2-6H2,1H3. The smallest absolute Gasteiger partial charge is 0.233 e. The number of piperidine rings is 1. The summed E-state index contributed by atoms with van der Waals surface area (Å²) >= 11 is 0. The van der Waals surface area contributed by atoms with E-state index in [1.807, 2.05) is 6.92 Å². The summed E-state index contributed by atoms with van der Waals surface area (Å²) in [6, 6.07) is 0. The van der Waals surface area contributed by atoms with Crippen molar-refractivity contribution in [3.05, 3.63) is 0 Å². The van der Waals surface area contributed by atoms with Gasteiger partial charge in [-0.3, -0.25) is 14.5 Å². The number of amides is 2. The average Bonchev–Trinajstić information content (AvgIpc) is 2.97. The average molecular weight is 211 g/mol. The van der Waals surface area contributed by atoms with Gasteiger partial charge in [0.2, 0.25) is 11.8 Å². The number of fused-ring (bicyclic) bond motifs is 1. The Morgan fingerprint density at radius 1 is 1.40 bits per heavy atom. The number of hydrogen-bond donors (Lipinski definition) is 1. The Hall–Kier alpha value is -0.900. The molecule has 1 saturated heterocycles. The van der Waals surface area contributed by atoms with Crippen LogP contribution < -0.4 is 0 Å². The molecule has 15 heavy (non-hydrogen) atoms. The molecule has 4 heteroatoms. The molecular weight excluding hydrogens is 194 g/mol. The third kappa shape index (κ3) is 1.91. The van der Waals surface area contributed by atoms with Crippen LogP contribution in [0.15, 0.2) is 0 Å². The first kappa shape index (κ1) is 10.6. The quantitative estimate of drug-likeness (QED) is 0.670. The van der Waals surface area contributed by atoms with Crippen molar-refractivity contribution < 1.29 is 14.7 Å². The minimum atomic E-state index is 0.0211. The Morgan fingerprint density at radius 3 is 2.53 bits per heavy atom. The van der Waals surface area contributed by atoms with E-state index in [1.165, 1.54) is 4.90 Å². The van der Waals surface area contributed by atoms with E-state index in [-0.39, 0.29) is 36.2 Å². The van der Waals surface area contributed by atoms with Crippen molar-refractivity contribution >= 4 is 11.8 Å². The fraction of sp³-hybridized carbons (Fsp3) is 0.818. The monoisotopic (exact) mass is 211 g/mol. The van der Waals surface area contributed by atoms with Crippen molar-refractivity contribution in [2.24, 2.45) is 17.8 Å². The number of likely N-dealkylation sites (tertiary alicyclic amines) is 1. The zero-order valence-electron chi connectivity index (χ0n) is 8.98. The summed E-state index contributed by atoms with van der Waals surface area (Å²) in [6.45, 7) is 2.67. The number of carbonyl (C=O) groups is 2.